The predicted molar refractivity (Wildman–Crippen MR) is 73.1 cm³/mol. The Labute approximate surface area is 113 Å². The van der Waals surface area contributed by atoms with Crippen molar-refractivity contribution in [2.45, 2.75) is 45.7 Å². The minimum atomic E-state index is -0.212. The highest BCUT2D eigenvalue weighted by molar-refractivity contribution is 5.88. The van der Waals surface area contributed by atoms with E-state index in [1.807, 2.05) is 0 Å². The molecule has 1 aromatic rings. The first-order chi connectivity index (χ1) is 9.04. The maximum atomic E-state index is 11.8. The fourth-order valence-electron chi connectivity index (χ4n) is 2.32. The predicted octanol–water partition coefficient (Wildman–Crippen LogP) is 1.98. The highest BCUT2D eigenvalue weighted by Gasteiger charge is 2.22. The number of likely N-dealkylation sites (tertiary alicyclic amines) is 1. The number of aryl methyl sites for hydroxylation is 1. The molecule has 6 nitrogen and oxygen atoms in total. The summed E-state index contributed by atoms with van der Waals surface area (Å²) in [6, 6.07) is 2.30. The van der Waals surface area contributed by atoms with Gasteiger partial charge in [0, 0.05) is 31.2 Å². The second-order valence-corrected chi connectivity index (χ2v) is 5.33. The van der Waals surface area contributed by atoms with Crippen LogP contribution in [0, 0.1) is 6.92 Å². The van der Waals surface area contributed by atoms with Crippen LogP contribution in [0.15, 0.2) is 10.6 Å². The number of amides is 2. The third kappa shape index (κ3) is 3.96. The van der Waals surface area contributed by atoms with E-state index in [-0.39, 0.29) is 12.1 Å². The van der Waals surface area contributed by atoms with E-state index in [2.05, 4.69) is 34.5 Å². The number of urea groups is 1. The van der Waals surface area contributed by atoms with Crippen molar-refractivity contribution in [3.05, 3.63) is 11.8 Å². The van der Waals surface area contributed by atoms with Crippen molar-refractivity contribution in [3.8, 4) is 0 Å². The molecule has 2 amide bonds. The lowest BCUT2D eigenvalue weighted by Gasteiger charge is -2.34. The molecule has 0 saturated carbocycles. The number of nitrogens with zero attached hydrogens (tertiary/aromatic N) is 2. The largest absolute Gasteiger partial charge is 0.360 e. The molecule has 1 aliphatic heterocycles. The second kappa shape index (κ2) is 6.06. The molecule has 0 atom stereocenters. The zero-order valence-electron chi connectivity index (χ0n) is 11.8. The molecule has 2 heterocycles. The minimum Gasteiger partial charge on any atom is -0.360 e. The molecule has 1 saturated heterocycles. The van der Waals surface area contributed by atoms with Crippen LogP contribution >= 0.6 is 0 Å². The van der Waals surface area contributed by atoms with Crippen LogP contribution < -0.4 is 10.6 Å². The highest BCUT2D eigenvalue weighted by Crippen LogP contribution is 2.13. The van der Waals surface area contributed by atoms with Gasteiger partial charge in [-0.3, -0.25) is 5.32 Å². The van der Waals surface area contributed by atoms with E-state index in [1.165, 1.54) is 0 Å². The average Bonchev–Trinajstić information content (AvgIpc) is 2.75. The molecule has 0 bridgehead atoms. The molecule has 0 unspecified atom stereocenters. The Bertz CT molecular complexity index is 422. The van der Waals surface area contributed by atoms with Gasteiger partial charge in [0.05, 0.1) is 0 Å². The standard InChI is InChI=1S/C13H22N4O2/c1-9(2)17-6-4-11(5-7-17)14-13(18)15-12-8-10(3)19-16-12/h8-9,11H,4-7H2,1-3H3,(H2,14,15,16,18). The number of anilines is 1. The molecule has 0 radical (unpaired) electrons. The number of hydrogen-bond acceptors (Lipinski definition) is 4. The Morgan fingerprint density at radius 3 is 2.68 bits per heavy atom. The van der Waals surface area contributed by atoms with Crippen LogP contribution in [0.3, 0.4) is 0 Å². The number of carbonyl (C=O) groups is 1. The van der Waals surface area contributed by atoms with Gasteiger partial charge in [-0.2, -0.15) is 0 Å². The summed E-state index contributed by atoms with van der Waals surface area (Å²) in [6.07, 6.45) is 1.98. The smallest absolute Gasteiger partial charge is 0.320 e. The van der Waals surface area contributed by atoms with Gasteiger partial charge in [0.1, 0.15) is 5.76 Å². The van der Waals surface area contributed by atoms with Crippen LogP contribution in [0.4, 0.5) is 10.6 Å². The van der Waals surface area contributed by atoms with Gasteiger partial charge in [-0.05, 0) is 33.6 Å². The first-order valence-electron chi connectivity index (χ1n) is 6.79. The molecule has 2 rings (SSSR count). The third-order valence-electron chi connectivity index (χ3n) is 3.46. The summed E-state index contributed by atoms with van der Waals surface area (Å²) in [4.78, 5) is 14.2. The fourth-order valence-corrected chi connectivity index (χ4v) is 2.32. The lowest BCUT2D eigenvalue weighted by molar-refractivity contribution is 0.163. The van der Waals surface area contributed by atoms with Gasteiger partial charge in [-0.15, -0.1) is 0 Å². The summed E-state index contributed by atoms with van der Waals surface area (Å²) < 4.78 is 4.90. The Morgan fingerprint density at radius 2 is 2.16 bits per heavy atom. The molecular weight excluding hydrogens is 244 g/mol. The molecule has 19 heavy (non-hydrogen) atoms. The first-order valence-corrected chi connectivity index (χ1v) is 6.79. The minimum absolute atomic E-state index is 0.212. The quantitative estimate of drug-likeness (QED) is 0.877. The number of rotatable bonds is 3. The third-order valence-corrected chi connectivity index (χ3v) is 3.46. The summed E-state index contributed by atoms with van der Waals surface area (Å²) in [5.41, 5.74) is 0. The molecule has 1 fully saturated rings. The average molecular weight is 266 g/mol. The van der Waals surface area contributed by atoms with Crippen LogP contribution in [0.2, 0.25) is 0 Å². The van der Waals surface area contributed by atoms with Gasteiger partial charge in [-0.25, -0.2) is 4.79 Å². The zero-order valence-corrected chi connectivity index (χ0v) is 11.8. The van der Waals surface area contributed by atoms with Gasteiger partial charge >= 0.3 is 6.03 Å². The molecule has 1 aliphatic rings. The van der Waals surface area contributed by atoms with Crippen molar-refractivity contribution < 1.29 is 9.32 Å². The van der Waals surface area contributed by atoms with E-state index < -0.39 is 0 Å². The summed E-state index contributed by atoms with van der Waals surface area (Å²) in [6.45, 7) is 8.26. The summed E-state index contributed by atoms with van der Waals surface area (Å²) in [5.74, 6) is 1.13. The van der Waals surface area contributed by atoms with E-state index in [4.69, 9.17) is 4.52 Å². The van der Waals surface area contributed by atoms with Crippen molar-refractivity contribution in [1.29, 1.82) is 0 Å². The molecule has 2 N–H and O–H groups in total. The topological polar surface area (TPSA) is 70.4 Å². The maximum absolute atomic E-state index is 11.8. The summed E-state index contributed by atoms with van der Waals surface area (Å²) in [7, 11) is 0. The molecule has 0 spiro atoms. The first kappa shape index (κ1) is 13.9. The lowest BCUT2D eigenvalue weighted by atomic mass is 10.0. The Balaban J connectivity index is 1.75. The van der Waals surface area contributed by atoms with Gasteiger partial charge in [0.25, 0.3) is 0 Å². The Hall–Kier alpha value is -1.56. The monoisotopic (exact) mass is 266 g/mol. The highest BCUT2D eigenvalue weighted by atomic mass is 16.5. The fraction of sp³-hybridized carbons (Fsp3) is 0.692. The van der Waals surface area contributed by atoms with E-state index in [9.17, 15) is 4.79 Å². The zero-order chi connectivity index (χ0) is 13.8. The van der Waals surface area contributed by atoms with Crippen LogP contribution in [0.25, 0.3) is 0 Å². The van der Waals surface area contributed by atoms with Crippen molar-refractivity contribution >= 4 is 11.8 Å². The van der Waals surface area contributed by atoms with Crippen LogP contribution in [0.1, 0.15) is 32.4 Å². The van der Waals surface area contributed by atoms with Crippen molar-refractivity contribution in [3.63, 3.8) is 0 Å². The maximum Gasteiger partial charge on any atom is 0.320 e. The number of nitrogens with one attached hydrogen (secondary N) is 2. The number of aromatic nitrogens is 1. The van der Waals surface area contributed by atoms with Gasteiger partial charge in [0.15, 0.2) is 5.82 Å². The molecular formula is C13H22N4O2. The Morgan fingerprint density at radius 1 is 1.47 bits per heavy atom. The van der Waals surface area contributed by atoms with E-state index in [0.29, 0.717) is 17.6 Å². The summed E-state index contributed by atoms with van der Waals surface area (Å²) in [5, 5.41) is 9.38. The van der Waals surface area contributed by atoms with Crippen molar-refractivity contribution in [2.75, 3.05) is 18.4 Å². The second-order valence-electron chi connectivity index (χ2n) is 5.33. The molecule has 1 aromatic heterocycles. The lowest BCUT2D eigenvalue weighted by Crippen LogP contribution is -2.47. The van der Waals surface area contributed by atoms with Gasteiger partial charge < -0.3 is 14.7 Å². The number of piperidine rings is 1. The van der Waals surface area contributed by atoms with E-state index >= 15 is 0 Å². The molecule has 106 valence electrons. The molecule has 0 aliphatic carbocycles. The Kier molecular flexibility index (Phi) is 4.42. The van der Waals surface area contributed by atoms with Crippen molar-refractivity contribution in [2.24, 2.45) is 0 Å². The van der Waals surface area contributed by atoms with E-state index in [0.717, 1.165) is 25.9 Å². The van der Waals surface area contributed by atoms with E-state index in [1.54, 1.807) is 13.0 Å². The van der Waals surface area contributed by atoms with Gasteiger partial charge in [-0.1, -0.05) is 5.16 Å². The number of hydrogen-bond donors (Lipinski definition) is 2. The van der Waals surface area contributed by atoms with Crippen LogP contribution in [0.5, 0.6) is 0 Å². The van der Waals surface area contributed by atoms with Crippen LogP contribution in [-0.4, -0.2) is 41.3 Å². The number of carbonyl (C=O) groups excluding carboxylic acids is 1. The molecule has 0 aromatic carbocycles. The summed E-state index contributed by atoms with van der Waals surface area (Å²) >= 11 is 0. The van der Waals surface area contributed by atoms with Crippen molar-refractivity contribution in [1.82, 2.24) is 15.4 Å². The van der Waals surface area contributed by atoms with Crippen LogP contribution in [-0.2, 0) is 0 Å². The molecule has 6 heteroatoms. The SMILES string of the molecule is Cc1cc(NC(=O)NC2CCN(C(C)C)CC2)no1. The van der Waals surface area contributed by atoms with Gasteiger partial charge in [0.2, 0.25) is 0 Å². The normalized spacial score (nSPS) is 17.7.